The molecule has 204 valence electrons. The van der Waals surface area contributed by atoms with E-state index >= 15 is 0 Å². The summed E-state index contributed by atoms with van der Waals surface area (Å²) in [6.45, 7) is 4.10. The fourth-order valence-electron chi connectivity index (χ4n) is 3.33. The average molecular weight is 582 g/mol. The predicted octanol–water partition coefficient (Wildman–Crippen LogP) is 5.11. The highest BCUT2D eigenvalue weighted by Gasteiger charge is 2.34. The van der Waals surface area contributed by atoms with E-state index < -0.39 is 46.2 Å². The van der Waals surface area contributed by atoms with E-state index in [9.17, 15) is 31.2 Å². The van der Waals surface area contributed by atoms with Crippen LogP contribution in [0.1, 0.15) is 38.3 Å². The lowest BCUT2D eigenvalue weighted by molar-refractivity contribution is -0.139. The van der Waals surface area contributed by atoms with Crippen molar-refractivity contribution in [2.24, 2.45) is 0 Å². The van der Waals surface area contributed by atoms with Crippen LogP contribution < -0.4 is 9.62 Å². The third kappa shape index (κ3) is 8.51. The molecule has 2 aromatic rings. The first kappa shape index (κ1) is 30.7. The first-order chi connectivity index (χ1) is 17.0. The van der Waals surface area contributed by atoms with Crippen molar-refractivity contribution in [1.82, 2.24) is 10.2 Å². The summed E-state index contributed by atoms with van der Waals surface area (Å²) in [5, 5.41) is 3.34. The number of hydrogen-bond donors (Lipinski definition) is 1. The van der Waals surface area contributed by atoms with Gasteiger partial charge in [0.2, 0.25) is 21.8 Å². The molecule has 0 aromatic heterocycles. The van der Waals surface area contributed by atoms with Crippen LogP contribution in [0.15, 0.2) is 42.5 Å². The van der Waals surface area contributed by atoms with Crippen LogP contribution >= 0.6 is 23.2 Å². The molecule has 0 fully saturated rings. The summed E-state index contributed by atoms with van der Waals surface area (Å²) in [5.74, 6) is -1.31. The largest absolute Gasteiger partial charge is 0.416 e. The number of benzene rings is 2. The molecule has 0 saturated carbocycles. The maximum Gasteiger partial charge on any atom is 0.416 e. The first-order valence-corrected chi connectivity index (χ1v) is 13.8. The van der Waals surface area contributed by atoms with Crippen molar-refractivity contribution in [3.63, 3.8) is 0 Å². The lowest BCUT2D eigenvalue weighted by atomic mass is 10.1. The fraction of sp³-hybridized carbons (Fsp3) is 0.417. The van der Waals surface area contributed by atoms with Gasteiger partial charge in [0, 0.05) is 22.6 Å². The predicted molar refractivity (Wildman–Crippen MR) is 138 cm³/mol. The van der Waals surface area contributed by atoms with Crippen LogP contribution in [0.3, 0.4) is 0 Å². The summed E-state index contributed by atoms with van der Waals surface area (Å²) in [5.41, 5.74) is -0.975. The monoisotopic (exact) mass is 581 g/mol. The SMILES string of the molecule is CC[C@H](C)NC(=O)[C@@H](C)N(Cc1ccc(Cl)cc1Cl)C(=O)CN(c1cccc(C(F)(F)F)c1)S(C)(=O)=O. The molecular weight excluding hydrogens is 554 g/mol. The van der Waals surface area contributed by atoms with E-state index in [0.717, 1.165) is 29.4 Å². The molecule has 2 rings (SSSR count). The van der Waals surface area contributed by atoms with Crippen molar-refractivity contribution in [2.75, 3.05) is 17.1 Å². The summed E-state index contributed by atoms with van der Waals surface area (Å²) in [4.78, 5) is 27.5. The van der Waals surface area contributed by atoms with Gasteiger partial charge in [0.1, 0.15) is 12.6 Å². The molecule has 0 spiro atoms. The Labute approximate surface area is 224 Å². The van der Waals surface area contributed by atoms with E-state index in [-0.39, 0.29) is 23.3 Å². The molecule has 0 bridgehead atoms. The molecule has 37 heavy (non-hydrogen) atoms. The number of carbonyl (C=O) groups is 2. The van der Waals surface area contributed by atoms with Crippen LogP contribution in [0, 0.1) is 0 Å². The molecule has 2 atom stereocenters. The molecule has 0 aliphatic carbocycles. The summed E-state index contributed by atoms with van der Waals surface area (Å²) in [6, 6.07) is 6.95. The minimum absolute atomic E-state index is 0.176. The van der Waals surface area contributed by atoms with Gasteiger partial charge in [0.25, 0.3) is 0 Å². The van der Waals surface area contributed by atoms with Crippen molar-refractivity contribution in [3.05, 3.63) is 63.6 Å². The van der Waals surface area contributed by atoms with Crippen molar-refractivity contribution in [1.29, 1.82) is 0 Å². The van der Waals surface area contributed by atoms with Gasteiger partial charge in [0.15, 0.2) is 0 Å². The Morgan fingerprint density at radius 2 is 1.73 bits per heavy atom. The second kappa shape index (κ2) is 12.4. The van der Waals surface area contributed by atoms with Gasteiger partial charge in [-0.2, -0.15) is 13.2 Å². The zero-order chi connectivity index (χ0) is 28.1. The maximum atomic E-state index is 13.5. The van der Waals surface area contributed by atoms with Gasteiger partial charge in [-0.1, -0.05) is 42.3 Å². The van der Waals surface area contributed by atoms with Crippen LogP contribution in [0.2, 0.25) is 10.0 Å². The molecule has 7 nitrogen and oxygen atoms in total. The topological polar surface area (TPSA) is 86.8 Å². The van der Waals surface area contributed by atoms with Gasteiger partial charge in [-0.25, -0.2) is 8.42 Å². The number of nitrogens with zero attached hydrogens (tertiary/aromatic N) is 2. The lowest BCUT2D eigenvalue weighted by Crippen LogP contribution is -2.52. The molecule has 2 aromatic carbocycles. The normalized spacial score (nSPS) is 13.5. The molecule has 0 saturated heterocycles. The van der Waals surface area contributed by atoms with Crippen LogP contribution in [-0.2, 0) is 32.3 Å². The number of halogens is 5. The minimum atomic E-state index is -4.72. The number of nitrogens with one attached hydrogen (secondary N) is 1. The maximum absolute atomic E-state index is 13.5. The average Bonchev–Trinajstić information content (AvgIpc) is 2.80. The van der Waals surface area contributed by atoms with Crippen molar-refractivity contribution in [2.45, 2.75) is 52.0 Å². The molecule has 0 aliphatic heterocycles. The summed E-state index contributed by atoms with van der Waals surface area (Å²) in [6.07, 6.45) is -3.31. The molecule has 0 aliphatic rings. The van der Waals surface area contributed by atoms with Gasteiger partial charge in [0.05, 0.1) is 17.5 Å². The number of carbonyl (C=O) groups excluding carboxylic acids is 2. The number of rotatable bonds is 10. The van der Waals surface area contributed by atoms with Gasteiger partial charge >= 0.3 is 6.18 Å². The number of anilines is 1. The smallest absolute Gasteiger partial charge is 0.352 e. The number of hydrogen-bond acceptors (Lipinski definition) is 4. The Bertz CT molecular complexity index is 1240. The van der Waals surface area contributed by atoms with Crippen LogP contribution in [0.5, 0.6) is 0 Å². The first-order valence-electron chi connectivity index (χ1n) is 11.2. The molecule has 13 heteroatoms. The Balaban J connectivity index is 2.48. The fourth-order valence-corrected chi connectivity index (χ4v) is 4.64. The van der Waals surface area contributed by atoms with Crippen LogP contribution in [0.25, 0.3) is 0 Å². The van der Waals surface area contributed by atoms with E-state index in [1.807, 2.05) is 6.92 Å². The van der Waals surface area contributed by atoms with Gasteiger partial charge in [-0.3, -0.25) is 13.9 Å². The summed E-state index contributed by atoms with van der Waals surface area (Å²) in [7, 11) is -4.19. The van der Waals surface area contributed by atoms with Crippen LogP contribution in [-0.4, -0.2) is 50.0 Å². The Kier molecular flexibility index (Phi) is 10.3. The molecule has 2 amide bonds. The molecule has 0 unspecified atom stereocenters. The van der Waals surface area contributed by atoms with Gasteiger partial charge in [-0.05, 0) is 56.2 Å². The molecule has 0 heterocycles. The van der Waals surface area contributed by atoms with Crippen molar-refractivity contribution >= 4 is 50.7 Å². The number of alkyl halides is 3. The standard InChI is InChI=1S/C24H28Cl2F3N3O4S/c1-5-15(2)30-23(34)16(3)31(13-17-9-10-19(25)12-21(17)26)22(33)14-32(37(4,35)36)20-8-6-7-18(11-20)24(27,28)29/h6-12,15-16H,5,13-14H2,1-4H3,(H,30,34)/t15-,16+/m0/s1. The third-order valence-corrected chi connectivity index (χ3v) is 7.39. The van der Waals surface area contributed by atoms with Crippen molar-refractivity contribution in [3.8, 4) is 0 Å². The highest BCUT2D eigenvalue weighted by Crippen LogP contribution is 2.32. The van der Waals surface area contributed by atoms with Gasteiger partial charge in [-0.15, -0.1) is 0 Å². The summed E-state index contributed by atoms with van der Waals surface area (Å²) < 4.78 is 65.4. The van der Waals surface area contributed by atoms with Crippen molar-refractivity contribution < 1.29 is 31.2 Å². The summed E-state index contributed by atoms with van der Waals surface area (Å²) >= 11 is 12.2. The quantitative estimate of drug-likeness (QED) is 0.422. The second-order valence-corrected chi connectivity index (χ2v) is 11.3. The zero-order valence-corrected chi connectivity index (χ0v) is 23.0. The Morgan fingerprint density at radius 1 is 1.08 bits per heavy atom. The van der Waals surface area contributed by atoms with E-state index in [1.165, 1.54) is 13.0 Å². The third-order valence-electron chi connectivity index (χ3n) is 5.66. The number of sulfonamides is 1. The van der Waals surface area contributed by atoms with Crippen LogP contribution in [0.4, 0.5) is 18.9 Å². The highest BCUT2D eigenvalue weighted by atomic mass is 35.5. The molecule has 0 radical (unpaired) electrons. The lowest BCUT2D eigenvalue weighted by Gasteiger charge is -2.32. The van der Waals surface area contributed by atoms with Gasteiger partial charge < -0.3 is 10.2 Å². The van der Waals surface area contributed by atoms with E-state index in [0.29, 0.717) is 27.4 Å². The second-order valence-electron chi connectivity index (χ2n) is 8.57. The zero-order valence-electron chi connectivity index (χ0n) is 20.6. The molecule has 1 N–H and O–H groups in total. The number of amides is 2. The minimum Gasteiger partial charge on any atom is -0.352 e. The Morgan fingerprint density at radius 3 is 2.27 bits per heavy atom. The van der Waals surface area contributed by atoms with E-state index in [2.05, 4.69) is 5.32 Å². The van der Waals surface area contributed by atoms with E-state index in [4.69, 9.17) is 23.2 Å². The highest BCUT2D eigenvalue weighted by molar-refractivity contribution is 7.92. The Hall–Kier alpha value is -2.50. The molecular formula is C24H28Cl2F3N3O4S. The van der Waals surface area contributed by atoms with E-state index in [1.54, 1.807) is 19.1 Å².